The lowest BCUT2D eigenvalue weighted by Gasteiger charge is -2.21. The fourth-order valence-electron chi connectivity index (χ4n) is 1.22. The largest absolute Gasteiger partial charge is 0.394 e. The van der Waals surface area contributed by atoms with Crippen LogP contribution in [-0.2, 0) is 4.79 Å². The third kappa shape index (κ3) is 1.60. The highest BCUT2D eigenvalue weighted by atomic mass is 16.3. The Balaban J connectivity index is 2.53. The number of hydrogen-bond acceptors (Lipinski definition) is 2. The third-order valence-corrected chi connectivity index (χ3v) is 1.87. The zero-order valence-corrected chi connectivity index (χ0v) is 6.66. The molecule has 1 aliphatic heterocycles. The summed E-state index contributed by atoms with van der Waals surface area (Å²) in [6.45, 7) is 2.51. The molecule has 11 heavy (non-hydrogen) atoms. The van der Waals surface area contributed by atoms with E-state index < -0.39 is 0 Å². The van der Waals surface area contributed by atoms with E-state index in [1.807, 2.05) is 19.1 Å². The van der Waals surface area contributed by atoms with Crippen LogP contribution in [0.4, 0.5) is 0 Å². The van der Waals surface area contributed by atoms with E-state index in [4.69, 9.17) is 5.11 Å². The van der Waals surface area contributed by atoms with Gasteiger partial charge in [-0.3, -0.25) is 4.79 Å². The summed E-state index contributed by atoms with van der Waals surface area (Å²) in [5.74, 6) is 0.106. The molecule has 0 aliphatic carbocycles. The smallest absolute Gasteiger partial charge is 0.223 e. The van der Waals surface area contributed by atoms with Crippen molar-refractivity contribution >= 4 is 5.91 Å². The molecule has 3 nitrogen and oxygen atoms in total. The molecule has 0 saturated heterocycles. The molecular formula is C8H13NO2. The molecule has 0 saturated carbocycles. The van der Waals surface area contributed by atoms with Gasteiger partial charge in [0.1, 0.15) is 0 Å². The van der Waals surface area contributed by atoms with Crippen molar-refractivity contribution in [2.24, 2.45) is 0 Å². The maximum Gasteiger partial charge on any atom is 0.223 e. The van der Waals surface area contributed by atoms with E-state index in [0.717, 1.165) is 0 Å². The third-order valence-electron chi connectivity index (χ3n) is 1.87. The van der Waals surface area contributed by atoms with Crippen LogP contribution >= 0.6 is 0 Å². The minimum atomic E-state index is -0.0811. The first-order valence-corrected chi connectivity index (χ1v) is 3.86. The van der Waals surface area contributed by atoms with E-state index in [0.29, 0.717) is 13.0 Å². The first-order valence-electron chi connectivity index (χ1n) is 3.86. The fraction of sp³-hybridized carbons (Fsp3) is 0.625. The maximum atomic E-state index is 11.2. The van der Waals surface area contributed by atoms with Crippen LogP contribution in [0.5, 0.6) is 0 Å². The topological polar surface area (TPSA) is 40.5 Å². The van der Waals surface area contributed by atoms with Crippen LogP contribution in [0.1, 0.15) is 13.3 Å². The van der Waals surface area contributed by atoms with Crippen LogP contribution in [0.15, 0.2) is 12.2 Å². The second-order valence-corrected chi connectivity index (χ2v) is 2.58. The lowest BCUT2D eigenvalue weighted by atomic mass is 10.3. The van der Waals surface area contributed by atoms with Crippen LogP contribution in [0.2, 0.25) is 0 Å². The Morgan fingerprint density at radius 1 is 1.82 bits per heavy atom. The summed E-state index contributed by atoms with van der Waals surface area (Å²) in [4.78, 5) is 12.8. The maximum absolute atomic E-state index is 11.2. The van der Waals surface area contributed by atoms with Crippen molar-refractivity contribution in [2.75, 3.05) is 13.2 Å². The first kappa shape index (κ1) is 8.27. The average molecular weight is 155 g/mol. The van der Waals surface area contributed by atoms with Crippen LogP contribution < -0.4 is 0 Å². The number of rotatable bonds is 2. The van der Waals surface area contributed by atoms with Crippen LogP contribution in [0, 0.1) is 0 Å². The highest BCUT2D eigenvalue weighted by Crippen LogP contribution is 2.09. The lowest BCUT2D eigenvalue weighted by molar-refractivity contribution is -0.131. The van der Waals surface area contributed by atoms with Gasteiger partial charge < -0.3 is 10.0 Å². The molecule has 1 amide bonds. The SMILES string of the molecule is CCC(=O)N1CC=CC1CO. The molecule has 1 aliphatic rings. The Kier molecular flexibility index (Phi) is 2.65. The van der Waals surface area contributed by atoms with Gasteiger partial charge in [0, 0.05) is 13.0 Å². The van der Waals surface area contributed by atoms with E-state index in [1.165, 1.54) is 0 Å². The molecule has 1 N–H and O–H groups in total. The molecule has 0 spiro atoms. The van der Waals surface area contributed by atoms with Gasteiger partial charge in [-0.2, -0.15) is 0 Å². The highest BCUT2D eigenvalue weighted by Gasteiger charge is 2.21. The Morgan fingerprint density at radius 3 is 3.09 bits per heavy atom. The lowest BCUT2D eigenvalue weighted by Crippen LogP contribution is -2.37. The Morgan fingerprint density at radius 2 is 2.55 bits per heavy atom. The molecule has 1 atom stereocenters. The van der Waals surface area contributed by atoms with Gasteiger partial charge in [-0.25, -0.2) is 0 Å². The Bertz CT molecular complexity index is 177. The number of aliphatic hydroxyl groups is 1. The van der Waals surface area contributed by atoms with Crippen molar-refractivity contribution in [3.63, 3.8) is 0 Å². The first-order chi connectivity index (χ1) is 5.29. The second-order valence-electron chi connectivity index (χ2n) is 2.58. The number of carbonyl (C=O) groups is 1. The zero-order chi connectivity index (χ0) is 8.27. The molecule has 1 unspecified atom stereocenters. The molecule has 62 valence electrons. The quantitative estimate of drug-likeness (QED) is 0.577. The van der Waals surface area contributed by atoms with E-state index in [1.54, 1.807) is 4.90 Å². The summed E-state index contributed by atoms with van der Waals surface area (Å²) < 4.78 is 0. The van der Waals surface area contributed by atoms with Crippen molar-refractivity contribution in [3.05, 3.63) is 12.2 Å². The predicted octanol–water partition coefficient (Wildman–Crippen LogP) is 0.156. The number of nitrogens with zero attached hydrogens (tertiary/aromatic N) is 1. The van der Waals surface area contributed by atoms with Gasteiger partial charge in [0.2, 0.25) is 5.91 Å². The van der Waals surface area contributed by atoms with Gasteiger partial charge >= 0.3 is 0 Å². The Hall–Kier alpha value is -0.830. The number of carbonyl (C=O) groups excluding carboxylic acids is 1. The van der Waals surface area contributed by atoms with Gasteiger partial charge in [-0.15, -0.1) is 0 Å². The molecule has 3 heteroatoms. The van der Waals surface area contributed by atoms with E-state index in [-0.39, 0.29) is 18.6 Å². The summed E-state index contributed by atoms with van der Waals surface area (Å²) in [6.07, 6.45) is 4.29. The minimum absolute atomic E-state index is 0.0300. The molecule has 1 rings (SSSR count). The second kappa shape index (κ2) is 3.53. The molecule has 0 aromatic rings. The summed E-state index contributed by atoms with van der Waals surface area (Å²) in [7, 11) is 0. The molecule has 0 radical (unpaired) electrons. The van der Waals surface area contributed by atoms with Crippen molar-refractivity contribution in [1.82, 2.24) is 4.90 Å². The summed E-state index contributed by atoms with van der Waals surface area (Å²) in [5, 5.41) is 8.84. The van der Waals surface area contributed by atoms with E-state index in [9.17, 15) is 4.79 Å². The number of hydrogen-bond donors (Lipinski definition) is 1. The van der Waals surface area contributed by atoms with Gasteiger partial charge in [0.25, 0.3) is 0 Å². The van der Waals surface area contributed by atoms with Crippen molar-refractivity contribution in [1.29, 1.82) is 0 Å². The highest BCUT2D eigenvalue weighted by molar-refractivity contribution is 5.77. The van der Waals surface area contributed by atoms with Gasteiger partial charge in [0.15, 0.2) is 0 Å². The molecule has 0 fully saturated rings. The molecule has 0 aromatic heterocycles. The van der Waals surface area contributed by atoms with Gasteiger partial charge in [-0.1, -0.05) is 19.1 Å². The van der Waals surface area contributed by atoms with Crippen LogP contribution in [0.3, 0.4) is 0 Å². The summed E-state index contributed by atoms with van der Waals surface area (Å²) in [5.41, 5.74) is 0. The van der Waals surface area contributed by atoms with Crippen molar-refractivity contribution < 1.29 is 9.90 Å². The van der Waals surface area contributed by atoms with Crippen LogP contribution in [0.25, 0.3) is 0 Å². The molecule has 1 heterocycles. The average Bonchev–Trinajstić information content (AvgIpc) is 2.50. The standard InChI is InChI=1S/C8H13NO2/c1-2-8(11)9-5-3-4-7(9)6-10/h3-4,7,10H,2,5-6H2,1H3. The summed E-state index contributed by atoms with van der Waals surface area (Å²) >= 11 is 0. The van der Waals surface area contributed by atoms with Gasteiger partial charge in [0.05, 0.1) is 12.6 Å². The van der Waals surface area contributed by atoms with E-state index >= 15 is 0 Å². The molecular weight excluding hydrogens is 142 g/mol. The van der Waals surface area contributed by atoms with Gasteiger partial charge in [-0.05, 0) is 0 Å². The number of amides is 1. The molecule has 0 bridgehead atoms. The zero-order valence-electron chi connectivity index (χ0n) is 6.66. The fourth-order valence-corrected chi connectivity index (χ4v) is 1.22. The molecule has 0 aromatic carbocycles. The van der Waals surface area contributed by atoms with Crippen molar-refractivity contribution in [2.45, 2.75) is 19.4 Å². The Labute approximate surface area is 66.3 Å². The summed E-state index contributed by atoms with van der Waals surface area (Å²) in [6, 6.07) is -0.0811. The predicted molar refractivity (Wildman–Crippen MR) is 42.0 cm³/mol. The van der Waals surface area contributed by atoms with Crippen molar-refractivity contribution in [3.8, 4) is 0 Å². The van der Waals surface area contributed by atoms with Crippen LogP contribution in [-0.4, -0.2) is 35.1 Å². The number of aliphatic hydroxyl groups excluding tert-OH is 1. The van der Waals surface area contributed by atoms with E-state index in [2.05, 4.69) is 0 Å². The monoisotopic (exact) mass is 155 g/mol. The normalized spacial score (nSPS) is 22.7. The minimum Gasteiger partial charge on any atom is -0.394 e.